The van der Waals surface area contributed by atoms with Gasteiger partial charge in [0.1, 0.15) is 5.82 Å². The van der Waals surface area contributed by atoms with Gasteiger partial charge in [-0.2, -0.15) is 0 Å². The van der Waals surface area contributed by atoms with Gasteiger partial charge in [0.05, 0.1) is 11.6 Å². The Kier molecular flexibility index (Phi) is 8.80. The lowest BCUT2D eigenvalue weighted by Gasteiger charge is -2.40. The molecular weight excluding hydrogens is 390 g/mol. The van der Waals surface area contributed by atoms with Crippen molar-refractivity contribution in [1.82, 2.24) is 10.2 Å². The van der Waals surface area contributed by atoms with Crippen LogP contribution in [0, 0.1) is 11.7 Å². The summed E-state index contributed by atoms with van der Waals surface area (Å²) < 4.78 is 13.1. The van der Waals surface area contributed by atoms with Crippen LogP contribution in [0.4, 0.5) is 10.1 Å². The predicted octanol–water partition coefficient (Wildman–Crippen LogP) is 2.42. The molecule has 2 aliphatic rings. The van der Waals surface area contributed by atoms with E-state index < -0.39 is 0 Å². The number of rotatable bonds is 6. The van der Waals surface area contributed by atoms with E-state index in [9.17, 15) is 9.18 Å². The molecule has 27 heavy (non-hydrogen) atoms. The lowest BCUT2D eigenvalue weighted by atomic mass is 9.95. The van der Waals surface area contributed by atoms with Gasteiger partial charge in [-0.3, -0.25) is 9.69 Å². The molecule has 1 aromatic rings. The number of carbonyl (C=O) groups excluding carboxylic acids is 1. The average molecular weight is 421 g/mol. The highest BCUT2D eigenvalue weighted by molar-refractivity contribution is 5.85. The zero-order chi connectivity index (χ0) is 18.0. The highest BCUT2D eigenvalue weighted by Crippen LogP contribution is 2.39. The molecule has 154 valence electrons. The summed E-state index contributed by atoms with van der Waals surface area (Å²) in [7, 11) is 0. The van der Waals surface area contributed by atoms with E-state index in [0.29, 0.717) is 12.5 Å². The van der Waals surface area contributed by atoms with Crippen LogP contribution < -0.4 is 16.0 Å². The fourth-order valence-corrected chi connectivity index (χ4v) is 3.61. The molecule has 3 N–H and O–H groups in total. The predicted molar refractivity (Wildman–Crippen MR) is 112 cm³/mol. The fraction of sp³-hybridized carbons (Fsp3) is 0.632. The molecule has 5 nitrogen and oxygen atoms in total. The van der Waals surface area contributed by atoms with E-state index in [2.05, 4.69) is 22.0 Å². The van der Waals surface area contributed by atoms with Crippen LogP contribution in [-0.2, 0) is 4.79 Å². The third-order valence-electron chi connectivity index (χ3n) is 5.74. The first-order chi connectivity index (χ1) is 11.9. The third-order valence-corrected chi connectivity index (χ3v) is 5.74. The first-order valence-electron chi connectivity index (χ1n) is 9.19. The number of halogens is 3. The molecule has 2 fully saturated rings. The normalized spacial score (nSPS) is 20.7. The molecule has 3 rings (SSSR count). The first kappa shape index (κ1) is 24.0. The topological polar surface area (TPSA) is 61.6 Å². The second-order valence-corrected chi connectivity index (χ2v) is 7.56. The Morgan fingerprint density at radius 1 is 1.22 bits per heavy atom. The van der Waals surface area contributed by atoms with E-state index in [4.69, 9.17) is 5.73 Å². The van der Waals surface area contributed by atoms with Gasteiger partial charge >= 0.3 is 0 Å². The van der Waals surface area contributed by atoms with E-state index in [1.807, 2.05) is 19.1 Å². The number of nitrogens with zero attached hydrogens (tertiary/aromatic N) is 2. The molecule has 0 bridgehead atoms. The Bertz CT molecular complexity index is 606. The molecule has 1 heterocycles. The van der Waals surface area contributed by atoms with Crippen molar-refractivity contribution in [1.29, 1.82) is 0 Å². The summed E-state index contributed by atoms with van der Waals surface area (Å²) in [4.78, 5) is 17.1. The van der Waals surface area contributed by atoms with Crippen LogP contribution in [0.1, 0.15) is 26.7 Å². The Labute approximate surface area is 173 Å². The highest BCUT2D eigenvalue weighted by Gasteiger charge is 2.42. The molecule has 0 spiro atoms. The van der Waals surface area contributed by atoms with Crippen molar-refractivity contribution in [2.45, 2.75) is 38.3 Å². The molecule has 1 saturated heterocycles. The number of nitrogens with one attached hydrogen (secondary N) is 1. The van der Waals surface area contributed by atoms with E-state index in [1.165, 1.54) is 12.1 Å². The number of carbonyl (C=O) groups is 1. The standard InChI is InChI=1S/C19H29FN4O.2ClH/c1-14(18(25)22-19(2,13-21)15-3-4-15)23-9-11-24(12-10-23)17-7-5-16(20)6-8-17;;/h5-8,14-15H,3-4,9-13,21H2,1-2H3,(H,22,25);2*1H. The smallest absolute Gasteiger partial charge is 0.237 e. The quantitative estimate of drug-likeness (QED) is 0.741. The van der Waals surface area contributed by atoms with Crippen molar-refractivity contribution < 1.29 is 9.18 Å². The second-order valence-electron chi connectivity index (χ2n) is 7.56. The Balaban J connectivity index is 0.00000182. The van der Waals surface area contributed by atoms with Crippen LogP contribution in [0.25, 0.3) is 0 Å². The Morgan fingerprint density at radius 3 is 2.26 bits per heavy atom. The van der Waals surface area contributed by atoms with E-state index in [-0.39, 0.29) is 48.1 Å². The molecule has 1 amide bonds. The number of hydrogen-bond acceptors (Lipinski definition) is 4. The molecule has 1 aromatic carbocycles. The number of hydrogen-bond donors (Lipinski definition) is 2. The van der Waals surface area contributed by atoms with E-state index in [0.717, 1.165) is 44.7 Å². The van der Waals surface area contributed by atoms with Crippen LogP contribution in [-0.4, -0.2) is 55.1 Å². The van der Waals surface area contributed by atoms with Crippen molar-refractivity contribution in [3.63, 3.8) is 0 Å². The summed E-state index contributed by atoms with van der Waals surface area (Å²) in [6, 6.07) is 6.43. The van der Waals surface area contributed by atoms with Crippen molar-refractivity contribution in [2.24, 2.45) is 11.7 Å². The summed E-state index contributed by atoms with van der Waals surface area (Å²) >= 11 is 0. The first-order valence-corrected chi connectivity index (χ1v) is 9.19. The maximum absolute atomic E-state index is 13.1. The van der Waals surface area contributed by atoms with E-state index >= 15 is 0 Å². The van der Waals surface area contributed by atoms with Crippen molar-refractivity contribution >= 4 is 36.4 Å². The van der Waals surface area contributed by atoms with Crippen LogP contribution in [0.2, 0.25) is 0 Å². The number of anilines is 1. The Hall–Kier alpha value is -1.08. The molecule has 2 unspecified atom stereocenters. The summed E-state index contributed by atoms with van der Waals surface area (Å²) in [6.45, 7) is 7.80. The minimum Gasteiger partial charge on any atom is -0.369 e. The largest absolute Gasteiger partial charge is 0.369 e. The Morgan fingerprint density at radius 2 is 1.78 bits per heavy atom. The third kappa shape index (κ3) is 5.70. The number of piperazine rings is 1. The van der Waals surface area contributed by atoms with Crippen molar-refractivity contribution in [3.8, 4) is 0 Å². The van der Waals surface area contributed by atoms with Crippen LogP contribution in [0.15, 0.2) is 24.3 Å². The van der Waals surface area contributed by atoms with Gasteiger partial charge in [0, 0.05) is 38.4 Å². The summed E-state index contributed by atoms with van der Waals surface area (Å²) in [5.74, 6) is 0.366. The average Bonchev–Trinajstić information content (AvgIpc) is 3.47. The molecular formula is C19H31Cl2FN4O. The molecule has 1 saturated carbocycles. The molecule has 8 heteroatoms. The fourth-order valence-electron chi connectivity index (χ4n) is 3.61. The van der Waals surface area contributed by atoms with Crippen molar-refractivity contribution in [3.05, 3.63) is 30.1 Å². The van der Waals surface area contributed by atoms with Gasteiger partial charge in [-0.05, 0) is 56.9 Å². The summed E-state index contributed by atoms with van der Waals surface area (Å²) in [5, 5.41) is 3.19. The van der Waals surface area contributed by atoms with Gasteiger partial charge in [-0.1, -0.05) is 0 Å². The zero-order valence-electron chi connectivity index (χ0n) is 16.0. The number of amides is 1. The maximum atomic E-state index is 13.1. The highest BCUT2D eigenvalue weighted by atomic mass is 35.5. The van der Waals surface area contributed by atoms with Gasteiger partial charge in [0.25, 0.3) is 0 Å². The monoisotopic (exact) mass is 420 g/mol. The van der Waals surface area contributed by atoms with Crippen molar-refractivity contribution in [2.75, 3.05) is 37.6 Å². The summed E-state index contributed by atoms with van der Waals surface area (Å²) in [5.41, 5.74) is 6.66. The molecule has 0 radical (unpaired) electrons. The zero-order valence-corrected chi connectivity index (χ0v) is 17.6. The van der Waals surface area contributed by atoms with Gasteiger partial charge in [-0.25, -0.2) is 4.39 Å². The van der Waals surface area contributed by atoms with E-state index in [1.54, 1.807) is 0 Å². The SMILES string of the molecule is CC(C(=O)NC(C)(CN)C1CC1)N1CCN(c2ccc(F)cc2)CC1.Cl.Cl. The van der Waals surface area contributed by atoms with Gasteiger partial charge < -0.3 is 16.0 Å². The lowest BCUT2D eigenvalue weighted by Crippen LogP contribution is -2.60. The van der Waals surface area contributed by atoms with Crippen LogP contribution in [0.3, 0.4) is 0 Å². The van der Waals surface area contributed by atoms with Crippen LogP contribution >= 0.6 is 24.8 Å². The lowest BCUT2D eigenvalue weighted by molar-refractivity contribution is -0.128. The maximum Gasteiger partial charge on any atom is 0.237 e. The minimum absolute atomic E-state index is 0. The molecule has 0 aromatic heterocycles. The second kappa shape index (κ2) is 9.92. The van der Waals surface area contributed by atoms with Gasteiger partial charge in [0.2, 0.25) is 5.91 Å². The molecule has 2 atom stereocenters. The van der Waals surface area contributed by atoms with Crippen LogP contribution in [0.5, 0.6) is 0 Å². The number of benzene rings is 1. The number of nitrogens with two attached hydrogens (primary N) is 1. The summed E-state index contributed by atoms with van der Waals surface area (Å²) in [6.07, 6.45) is 2.30. The molecule has 1 aliphatic carbocycles. The van der Waals surface area contributed by atoms with Gasteiger partial charge in [-0.15, -0.1) is 24.8 Å². The minimum atomic E-state index is -0.277. The molecule has 1 aliphatic heterocycles. The van der Waals surface area contributed by atoms with Gasteiger partial charge in [0.15, 0.2) is 0 Å².